The van der Waals surface area contributed by atoms with Crippen molar-refractivity contribution in [3.63, 3.8) is 0 Å². The fourth-order valence-electron chi connectivity index (χ4n) is 3.72. The SMILES string of the molecule is Cc1cc(NC(=O)C(C)(C)C)sc1C(=O)N[C@H]1CCN2CCCC[C@@H]12. The Morgan fingerprint density at radius 2 is 1.96 bits per heavy atom. The molecule has 0 radical (unpaired) electrons. The molecule has 0 bridgehead atoms. The van der Waals surface area contributed by atoms with E-state index in [4.69, 9.17) is 0 Å². The van der Waals surface area contributed by atoms with Gasteiger partial charge in [-0.15, -0.1) is 11.3 Å². The van der Waals surface area contributed by atoms with Crippen molar-refractivity contribution in [3.05, 3.63) is 16.5 Å². The molecule has 3 heterocycles. The van der Waals surface area contributed by atoms with Gasteiger partial charge in [0.25, 0.3) is 5.91 Å². The molecule has 2 N–H and O–H groups in total. The fourth-order valence-corrected chi connectivity index (χ4v) is 4.69. The van der Waals surface area contributed by atoms with E-state index in [0.29, 0.717) is 10.9 Å². The summed E-state index contributed by atoms with van der Waals surface area (Å²) in [5, 5.41) is 6.92. The molecule has 5 nitrogen and oxygen atoms in total. The van der Waals surface area contributed by atoms with Crippen molar-refractivity contribution in [2.75, 3.05) is 18.4 Å². The van der Waals surface area contributed by atoms with Gasteiger partial charge in [-0.05, 0) is 44.4 Å². The lowest BCUT2D eigenvalue weighted by atomic mass is 9.96. The van der Waals surface area contributed by atoms with Crippen LogP contribution in [0.3, 0.4) is 0 Å². The van der Waals surface area contributed by atoms with Crippen LogP contribution in [-0.4, -0.2) is 41.9 Å². The highest BCUT2D eigenvalue weighted by Gasteiger charge is 2.36. The first-order valence-electron chi connectivity index (χ1n) is 9.22. The molecule has 2 saturated heterocycles. The summed E-state index contributed by atoms with van der Waals surface area (Å²) in [5.41, 5.74) is 0.472. The molecule has 2 amide bonds. The quantitative estimate of drug-likeness (QED) is 0.865. The zero-order valence-corrected chi connectivity index (χ0v) is 16.5. The first-order chi connectivity index (χ1) is 11.8. The topological polar surface area (TPSA) is 61.4 Å². The normalized spacial score (nSPS) is 24.0. The van der Waals surface area contributed by atoms with Gasteiger partial charge in [0.1, 0.15) is 0 Å². The minimum absolute atomic E-state index is 0.00354. The molecule has 0 unspecified atom stereocenters. The van der Waals surface area contributed by atoms with Gasteiger partial charge in [-0.3, -0.25) is 14.5 Å². The molecule has 0 saturated carbocycles. The summed E-state index contributed by atoms with van der Waals surface area (Å²) in [6.45, 7) is 9.83. The van der Waals surface area contributed by atoms with Gasteiger partial charge in [-0.2, -0.15) is 0 Å². The molecule has 3 rings (SSSR count). The second kappa shape index (κ2) is 7.08. The Kier molecular flexibility index (Phi) is 5.21. The van der Waals surface area contributed by atoms with Crippen molar-refractivity contribution in [1.82, 2.24) is 10.2 Å². The monoisotopic (exact) mass is 363 g/mol. The zero-order chi connectivity index (χ0) is 18.2. The second-order valence-electron chi connectivity index (χ2n) is 8.29. The van der Waals surface area contributed by atoms with Gasteiger partial charge in [-0.1, -0.05) is 27.2 Å². The molecule has 25 heavy (non-hydrogen) atoms. The maximum absolute atomic E-state index is 12.8. The molecule has 138 valence electrons. The molecule has 0 spiro atoms. The molecule has 0 aliphatic carbocycles. The molecule has 0 aromatic carbocycles. The largest absolute Gasteiger partial charge is 0.347 e. The summed E-state index contributed by atoms with van der Waals surface area (Å²) in [6, 6.07) is 2.64. The molecule has 1 aromatic rings. The summed E-state index contributed by atoms with van der Waals surface area (Å²) in [5.74, 6) is -0.0365. The van der Waals surface area contributed by atoms with Crippen molar-refractivity contribution in [2.45, 2.75) is 65.5 Å². The van der Waals surface area contributed by atoms with E-state index in [2.05, 4.69) is 15.5 Å². The van der Waals surface area contributed by atoms with E-state index in [0.717, 1.165) is 30.1 Å². The Balaban J connectivity index is 1.65. The van der Waals surface area contributed by atoms with Gasteiger partial charge in [0.05, 0.1) is 9.88 Å². The van der Waals surface area contributed by atoms with Crippen LogP contribution in [0.15, 0.2) is 6.07 Å². The summed E-state index contributed by atoms with van der Waals surface area (Å²) in [4.78, 5) is 28.1. The maximum atomic E-state index is 12.8. The first kappa shape index (κ1) is 18.4. The van der Waals surface area contributed by atoms with Gasteiger partial charge in [0.2, 0.25) is 5.91 Å². The summed E-state index contributed by atoms with van der Waals surface area (Å²) in [6.07, 6.45) is 4.75. The predicted octanol–water partition coefficient (Wildman–Crippen LogP) is 3.40. The number of nitrogens with zero attached hydrogens (tertiary/aromatic N) is 1. The van der Waals surface area contributed by atoms with Gasteiger partial charge in [0, 0.05) is 24.0 Å². The Hall–Kier alpha value is -1.40. The van der Waals surface area contributed by atoms with Crippen LogP contribution >= 0.6 is 11.3 Å². The number of anilines is 1. The Bertz CT molecular complexity index is 662. The van der Waals surface area contributed by atoms with Gasteiger partial charge >= 0.3 is 0 Å². The first-order valence-corrected chi connectivity index (χ1v) is 10.0. The number of aryl methyl sites for hydroxylation is 1. The van der Waals surface area contributed by atoms with Crippen molar-refractivity contribution >= 4 is 28.2 Å². The lowest BCUT2D eigenvalue weighted by Gasteiger charge is -2.32. The predicted molar refractivity (Wildman–Crippen MR) is 102 cm³/mol. The van der Waals surface area contributed by atoms with Crippen LogP contribution in [0.1, 0.15) is 61.7 Å². The molecule has 1 aromatic heterocycles. The number of thiophene rings is 1. The molecule has 2 aliphatic heterocycles. The summed E-state index contributed by atoms with van der Waals surface area (Å²) in [7, 11) is 0. The van der Waals surface area contributed by atoms with Gasteiger partial charge < -0.3 is 10.6 Å². The minimum atomic E-state index is -0.450. The lowest BCUT2D eigenvalue weighted by Crippen LogP contribution is -2.46. The van der Waals surface area contributed by atoms with Crippen LogP contribution in [-0.2, 0) is 4.79 Å². The number of carbonyl (C=O) groups excluding carboxylic acids is 2. The number of carbonyl (C=O) groups is 2. The number of hydrogen-bond acceptors (Lipinski definition) is 4. The van der Waals surface area contributed by atoms with Crippen LogP contribution in [0, 0.1) is 12.3 Å². The van der Waals surface area contributed by atoms with Crippen LogP contribution in [0.5, 0.6) is 0 Å². The number of piperidine rings is 1. The van der Waals surface area contributed by atoms with Crippen LogP contribution in [0.25, 0.3) is 0 Å². The number of amides is 2. The fraction of sp³-hybridized carbons (Fsp3) is 0.684. The van der Waals surface area contributed by atoms with E-state index in [1.54, 1.807) is 0 Å². The molecular formula is C19H29N3O2S. The Labute approximate surface area is 154 Å². The van der Waals surface area contributed by atoms with Gasteiger partial charge in [-0.25, -0.2) is 0 Å². The van der Waals surface area contributed by atoms with Crippen LogP contribution in [0.4, 0.5) is 5.00 Å². The molecule has 2 atom stereocenters. The van der Waals surface area contributed by atoms with E-state index in [1.807, 2.05) is 33.8 Å². The average Bonchev–Trinajstić information content (AvgIpc) is 3.10. The highest BCUT2D eigenvalue weighted by Crippen LogP contribution is 2.30. The highest BCUT2D eigenvalue weighted by atomic mass is 32.1. The van der Waals surface area contributed by atoms with Crippen molar-refractivity contribution < 1.29 is 9.59 Å². The summed E-state index contributed by atoms with van der Waals surface area (Å²) >= 11 is 1.37. The van der Waals surface area contributed by atoms with E-state index in [1.165, 1.54) is 30.6 Å². The number of hydrogen-bond donors (Lipinski definition) is 2. The van der Waals surface area contributed by atoms with Gasteiger partial charge in [0.15, 0.2) is 0 Å². The molecule has 2 fully saturated rings. The van der Waals surface area contributed by atoms with Crippen LogP contribution in [0.2, 0.25) is 0 Å². The van der Waals surface area contributed by atoms with E-state index in [9.17, 15) is 9.59 Å². The number of fused-ring (bicyclic) bond motifs is 1. The average molecular weight is 364 g/mol. The lowest BCUT2D eigenvalue weighted by molar-refractivity contribution is -0.123. The number of nitrogens with one attached hydrogen (secondary N) is 2. The van der Waals surface area contributed by atoms with Crippen LogP contribution < -0.4 is 10.6 Å². The maximum Gasteiger partial charge on any atom is 0.261 e. The molecule has 6 heteroatoms. The standard InChI is InChI=1S/C19H29N3O2S/c1-12-11-15(21-18(24)19(2,3)4)25-16(12)17(23)20-13-8-10-22-9-6-5-7-14(13)22/h11,13-14H,5-10H2,1-4H3,(H,20,23)(H,21,24)/t13-,14-/m0/s1. The second-order valence-corrected chi connectivity index (χ2v) is 9.35. The van der Waals surface area contributed by atoms with E-state index >= 15 is 0 Å². The summed E-state index contributed by atoms with van der Waals surface area (Å²) < 4.78 is 0. The van der Waals surface area contributed by atoms with Crippen molar-refractivity contribution in [1.29, 1.82) is 0 Å². The molecular weight excluding hydrogens is 334 g/mol. The third-order valence-electron chi connectivity index (χ3n) is 5.21. The highest BCUT2D eigenvalue weighted by molar-refractivity contribution is 7.18. The zero-order valence-electron chi connectivity index (χ0n) is 15.6. The third kappa shape index (κ3) is 4.06. The smallest absolute Gasteiger partial charge is 0.261 e. The van der Waals surface area contributed by atoms with Crippen molar-refractivity contribution in [3.8, 4) is 0 Å². The number of rotatable bonds is 3. The third-order valence-corrected chi connectivity index (χ3v) is 6.37. The Morgan fingerprint density at radius 1 is 1.20 bits per heavy atom. The minimum Gasteiger partial charge on any atom is -0.347 e. The Morgan fingerprint density at radius 3 is 2.68 bits per heavy atom. The van der Waals surface area contributed by atoms with E-state index < -0.39 is 5.41 Å². The van der Waals surface area contributed by atoms with E-state index in [-0.39, 0.29) is 17.9 Å². The van der Waals surface area contributed by atoms with Crippen molar-refractivity contribution in [2.24, 2.45) is 5.41 Å². The molecule has 2 aliphatic rings.